The van der Waals surface area contributed by atoms with Crippen LogP contribution in [0.25, 0.3) is 0 Å². The van der Waals surface area contributed by atoms with Crippen LogP contribution in [0.3, 0.4) is 0 Å². The molecule has 2 nitrogen and oxygen atoms in total. The van der Waals surface area contributed by atoms with E-state index in [9.17, 15) is 5.11 Å². The molecule has 2 N–H and O–H groups in total. The van der Waals surface area contributed by atoms with Gasteiger partial charge in [-0.3, -0.25) is 0 Å². The first kappa shape index (κ1) is 13.7. The molecule has 2 atom stereocenters. The first-order valence-corrected chi connectivity index (χ1v) is 8.12. The van der Waals surface area contributed by atoms with Crippen molar-refractivity contribution in [2.24, 2.45) is 0 Å². The fourth-order valence-electron chi connectivity index (χ4n) is 3.42. The Morgan fingerprint density at radius 2 is 1.94 bits per heavy atom. The van der Waals surface area contributed by atoms with Gasteiger partial charge in [0.05, 0.1) is 6.61 Å². The minimum absolute atomic E-state index is 0.0183. The van der Waals surface area contributed by atoms with E-state index in [4.69, 9.17) is 0 Å². The van der Waals surface area contributed by atoms with Gasteiger partial charge in [-0.1, -0.05) is 26.7 Å². The molecule has 2 aliphatic carbocycles. The largest absolute Gasteiger partial charge is 0.394 e. The summed E-state index contributed by atoms with van der Waals surface area (Å²) in [7, 11) is 0. The Balaban J connectivity index is 1.83. The molecule has 0 aromatic rings. The number of nitrogens with one attached hydrogen (secondary N) is 1. The highest BCUT2D eigenvalue weighted by Gasteiger charge is 2.40. The quantitative estimate of drug-likeness (QED) is 0.794. The third-order valence-corrected chi connectivity index (χ3v) is 5.79. The van der Waals surface area contributed by atoms with Crippen LogP contribution in [0.4, 0.5) is 0 Å². The monoisotopic (exact) mass is 257 g/mol. The molecule has 0 amide bonds. The molecule has 0 aromatic heterocycles. The number of aliphatic hydroxyl groups is 1. The van der Waals surface area contributed by atoms with Crippen molar-refractivity contribution in [3.63, 3.8) is 0 Å². The topological polar surface area (TPSA) is 32.3 Å². The fraction of sp³-hybridized carbons (Fsp3) is 1.00. The maximum absolute atomic E-state index is 9.67. The van der Waals surface area contributed by atoms with Crippen molar-refractivity contribution in [1.29, 1.82) is 0 Å². The Morgan fingerprint density at radius 1 is 1.24 bits per heavy atom. The minimum Gasteiger partial charge on any atom is -0.394 e. The summed E-state index contributed by atoms with van der Waals surface area (Å²) < 4.78 is 0. The average Bonchev–Trinajstić information content (AvgIpc) is 2.89. The second-order valence-electron chi connectivity index (χ2n) is 6.14. The van der Waals surface area contributed by atoms with E-state index < -0.39 is 0 Å². The predicted octanol–water partition coefficient (Wildman–Crippen LogP) is 2.94. The van der Waals surface area contributed by atoms with E-state index in [0.717, 1.165) is 23.3 Å². The predicted molar refractivity (Wildman–Crippen MR) is 75.6 cm³/mol. The molecular formula is C14H27NOS. The maximum atomic E-state index is 9.67. The Kier molecular flexibility index (Phi) is 4.79. The lowest BCUT2D eigenvalue weighted by molar-refractivity contribution is 0.156. The standard InChI is InChI=1S/C14H27NOS/c1-11(2)15-14(10-16)8-7-13(9-14)17-12-5-3-4-6-12/h11-13,15-16H,3-10H2,1-2H3. The van der Waals surface area contributed by atoms with Gasteiger partial charge in [-0.15, -0.1) is 0 Å². The van der Waals surface area contributed by atoms with Gasteiger partial charge in [0.25, 0.3) is 0 Å². The highest BCUT2D eigenvalue weighted by molar-refractivity contribution is 8.00. The molecular weight excluding hydrogens is 230 g/mol. The van der Waals surface area contributed by atoms with Gasteiger partial charge in [0.1, 0.15) is 0 Å². The van der Waals surface area contributed by atoms with Gasteiger partial charge < -0.3 is 10.4 Å². The molecule has 0 heterocycles. The summed E-state index contributed by atoms with van der Waals surface area (Å²) in [5, 5.41) is 15.0. The van der Waals surface area contributed by atoms with E-state index in [0.29, 0.717) is 12.6 Å². The van der Waals surface area contributed by atoms with E-state index in [1.165, 1.54) is 32.1 Å². The lowest BCUT2D eigenvalue weighted by atomic mass is 9.98. The van der Waals surface area contributed by atoms with Gasteiger partial charge >= 0.3 is 0 Å². The summed E-state index contributed by atoms with van der Waals surface area (Å²) in [6.07, 6.45) is 9.28. The summed E-state index contributed by atoms with van der Waals surface area (Å²) >= 11 is 2.21. The van der Waals surface area contributed by atoms with Crippen molar-refractivity contribution in [2.45, 2.75) is 80.9 Å². The van der Waals surface area contributed by atoms with Gasteiger partial charge in [0, 0.05) is 22.1 Å². The Bertz CT molecular complexity index is 240. The highest BCUT2D eigenvalue weighted by atomic mass is 32.2. The van der Waals surface area contributed by atoms with Crippen molar-refractivity contribution >= 4 is 11.8 Å². The van der Waals surface area contributed by atoms with Gasteiger partial charge in [0.15, 0.2) is 0 Å². The summed E-state index contributed by atoms with van der Waals surface area (Å²) in [5.41, 5.74) is 0.0183. The molecule has 100 valence electrons. The van der Waals surface area contributed by atoms with Crippen molar-refractivity contribution in [3.8, 4) is 0 Å². The van der Waals surface area contributed by atoms with E-state index in [-0.39, 0.29) is 5.54 Å². The first-order chi connectivity index (χ1) is 8.13. The zero-order chi connectivity index (χ0) is 12.3. The van der Waals surface area contributed by atoms with Crippen LogP contribution in [0.5, 0.6) is 0 Å². The molecule has 0 radical (unpaired) electrons. The Hall–Kier alpha value is 0.270. The van der Waals surface area contributed by atoms with Crippen LogP contribution in [0.1, 0.15) is 58.8 Å². The zero-order valence-corrected chi connectivity index (χ0v) is 12.1. The van der Waals surface area contributed by atoms with Crippen LogP contribution in [-0.4, -0.2) is 33.8 Å². The van der Waals surface area contributed by atoms with Crippen LogP contribution >= 0.6 is 11.8 Å². The van der Waals surface area contributed by atoms with E-state index in [1.54, 1.807) is 0 Å². The van der Waals surface area contributed by atoms with Crippen molar-refractivity contribution in [3.05, 3.63) is 0 Å². The van der Waals surface area contributed by atoms with Crippen LogP contribution < -0.4 is 5.32 Å². The number of rotatable bonds is 5. The normalized spacial score (nSPS) is 34.9. The zero-order valence-electron chi connectivity index (χ0n) is 11.2. The van der Waals surface area contributed by atoms with Crippen LogP contribution in [-0.2, 0) is 0 Å². The van der Waals surface area contributed by atoms with Gasteiger partial charge in [-0.25, -0.2) is 0 Å². The van der Waals surface area contributed by atoms with Crippen LogP contribution in [0.2, 0.25) is 0 Å². The number of thioether (sulfide) groups is 1. The molecule has 2 aliphatic rings. The molecule has 2 rings (SSSR count). The minimum atomic E-state index is 0.0183. The van der Waals surface area contributed by atoms with Crippen molar-refractivity contribution in [1.82, 2.24) is 5.32 Å². The smallest absolute Gasteiger partial charge is 0.0613 e. The van der Waals surface area contributed by atoms with Gasteiger partial charge in [0.2, 0.25) is 0 Å². The maximum Gasteiger partial charge on any atom is 0.0613 e. The summed E-state index contributed by atoms with van der Waals surface area (Å²) in [6, 6.07) is 0.470. The van der Waals surface area contributed by atoms with Crippen LogP contribution in [0, 0.1) is 0 Å². The van der Waals surface area contributed by atoms with Crippen molar-refractivity contribution < 1.29 is 5.11 Å². The molecule has 2 saturated carbocycles. The third kappa shape index (κ3) is 3.62. The first-order valence-electron chi connectivity index (χ1n) is 7.17. The molecule has 2 fully saturated rings. The number of hydrogen-bond acceptors (Lipinski definition) is 3. The van der Waals surface area contributed by atoms with E-state index >= 15 is 0 Å². The molecule has 0 aromatic carbocycles. The van der Waals surface area contributed by atoms with E-state index in [1.807, 2.05) is 0 Å². The molecule has 0 aliphatic heterocycles. The number of hydrogen-bond donors (Lipinski definition) is 2. The summed E-state index contributed by atoms with van der Waals surface area (Å²) in [4.78, 5) is 0. The molecule has 2 unspecified atom stereocenters. The summed E-state index contributed by atoms with van der Waals surface area (Å²) in [6.45, 7) is 4.65. The van der Waals surface area contributed by atoms with Gasteiger partial charge in [-0.05, 0) is 32.1 Å². The molecule has 17 heavy (non-hydrogen) atoms. The highest BCUT2D eigenvalue weighted by Crippen LogP contribution is 2.42. The number of aliphatic hydroxyl groups excluding tert-OH is 1. The Labute approximate surface area is 110 Å². The lowest BCUT2D eigenvalue weighted by Gasteiger charge is -2.31. The van der Waals surface area contributed by atoms with E-state index in [2.05, 4.69) is 30.9 Å². The molecule has 0 saturated heterocycles. The second-order valence-corrected chi connectivity index (χ2v) is 7.75. The van der Waals surface area contributed by atoms with Gasteiger partial charge in [-0.2, -0.15) is 11.8 Å². The average molecular weight is 257 g/mol. The molecule has 0 bridgehead atoms. The van der Waals surface area contributed by atoms with Crippen LogP contribution in [0.15, 0.2) is 0 Å². The van der Waals surface area contributed by atoms with Crippen molar-refractivity contribution in [2.75, 3.05) is 6.61 Å². The third-order valence-electron chi connectivity index (χ3n) is 4.15. The molecule has 3 heteroatoms. The molecule has 0 spiro atoms. The SMILES string of the molecule is CC(C)NC1(CO)CCC(SC2CCCC2)C1. The fourth-order valence-corrected chi connectivity index (χ4v) is 5.24. The second kappa shape index (κ2) is 5.94. The Morgan fingerprint density at radius 3 is 2.53 bits per heavy atom. The lowest BCUT2D eigenvalue weighted by Crippen LogP contribution is -2.49. The summed E-state index contributed by atoms with van der Waals surface area (Å²) in [5.74, 6) is 0.